The fourth-order valence-electron chi connectivity index (χ4n) is 2.19. The minimum atomic E-state index is -0.217. The summed E-state index contributed by atoms with van der Waals surface area (Å²) in [5, 5.41) is 4.28. The van der Waals surface area contributed by atoms with Crippen molar-refractivity contribution in [2.45, 2.75) is 26.3 Å². The van der Waals surface area contributed by atoms with Crippen LogP contribution in [0.4, 0.5) is 4.39 Å². The maximum atomic E-state index is 13.2. The molecule has 0 fully saturated rings. The lowest BCUT2D eigenvalue weighted by atomic mass is 9.97. The molecule has 18 heavy (non-hydrogen) atoms. The zero-order valence-corrected chi connectivity index (χ0v) is 10.9. The van der Waals surface area contributed by atoms with E-state index in [0.29, 0.717) is 6.42 Å². The third-order valence-corrected chi connectivity index (χ3v) is 3.20. The van der Waals surface area contributed by atoms with E-state index >= 15 is 0 Å². The Morgan fingerprint density at radius 1 is 1.39 bits per heavy atom. The predicted molar refractivity (Wildman–Crippen MR) is 69.7 cm³/mol. The Labute approximate surface area is 106 Å². The van der Waals surface area contributed by atoms with Crippen LogP contribution >= 0.6 is 0 Å². The van der Waals surface area contributed by atoms with E-state index < -0.39 is 0 Å². The second-order valence-corrected chi connectivity index (χ2v) is 4.72. The molecule has 2 N–H and O–H groups in total. The minimum Gasteiger partial charge on any atom is -0.324 e. The zero-order valence-electron chi connectivity index (χ0n) is 10.9. The van der Waals surface area contributed by atoms with Gasteiger partial charge in [-0.05, 0) is 43.5 Å². The van der Waals surface area contributed by atoms with Crippen molar-refractivity contribution in [3.63, 3.8) is 0 Å². The van der Waals surface area contributed by atoms with Crippen LogP contribution < -0.4 is 5.73 Å². The van der Waals surface area contributed by atoms with Crippen LogP contribution in [0, 0.1) is 19.7 Å². The SMILES string of the molecule is Cc1ccc(F)cc1CC(N)c1cn(C)nc1C. The third-order valence-electron chi connectivity index (χ3n) is 3.20. The number of nitrogens with two attached hydrogens (primary N) is 1. The highest BCUT2D eigenvalue weighted by Gasteiger charge is 2.14. The van der Waals surface area contributed by atoms with Gasteiger partial charge >= 0.3 is 0 Å². The molecule has 0 bridgehead atoms. The second-order valence-electron chi connectivity index (χ2n) is 4.72. The van der Waals surface area contributed by atoms with E-state index in [9.17, 15) is 4.39 Å². The number of nitrogens with zero attached hydrogens (tertiary/aromatic N) is 2. The van der Waals surface area contributed by atoms with Crippen LogP contribution in [0.2, 0.25) is 0 Å². The van der Waals surface area contributed by atoms with Crippen LogP contribution in [0.1, 0.15) is 28.4 Å². The average Bonchev–Trinajstić information content (AvgIpc) is 2.63. The fourth-order valence-corrected chi connectivity index (χ4v) is 2.19. The Balaban J connectivity index is 2.23. The first-order chi connectivity index (χ1) is 8.47. The topological polar surface area (TPSA) is 43.8 Å². The molecule has 1 heterocycles. The van der Waals surface area contributed by atoms with Crippen molar-refractivity contribution >= 4 is 0 Å². The molecule has 3 nitrogen and oxygen atoms in total. The number of rotatable bonds is 3. The van der Waals surface area contributed by atoms with Crippen LogP contribution in [0.5, 0.6) is 0 Å². The summed E-state index contributed by atoms with van der Waals surface area (Å²) in [7, 11) is 1.87. The van der Waals surface area contributed by atoms with Gasteiger partial charge in [0.25, 0.3) is 0 Å². The van der Waals surface area contributed by atoms with Crippen LogP contribution in [-0.2, 0) is 13.5 Å². The van der Waals surface area contributed by atoms with Crippen molar-refractivity contribution in [3.8, 4) is 0 Å². The first-order valence-corrected chi connectivity index (χ1v) is 5.98. The van der Waals surface area contributed by atoms with Gasteiger partial charge in [-0.25, -0.2) is 4.39 Å². The molecule has 0 aliphatic rings. The fraction of sp³-hybridized carbons (Fsp3) is 0.357. The predicted octanol–water partition coefficient (Wildman–Crippen LogP) is 2.42. The molecular weight excluding hydrogens is 229 g/mol. The molecular formula is C14H18FN3. The standard InChI is InChI=1S/C14H18FN3/c1-9-4-5-12(15)6-11(9)7-14(16)13-8-18(3)17-10(13)2/h4-6,8,14H,7,16H2,1-3H3. The quantitative estimate of drug-likeness (QED) is 0.905. The van der Waals surface area contributed by atoms with Crippen LogP contribution in [0.15, 0.2) is 24.4 Å². The van der Waals surface area contributed by atoms with E-state index in [1.54, 1.807) is 16.8 Å². The number of aryl methyl sites for hydroxylation is 3. The summed E-state index contributed by atoms with van der Waals surface area (Å²) in [5.41, 5.74) is 10.1. The molecule has 0 saturated heterocycles. The molecule has 0 saturated carbocycles. The van der Waals surface area contributed by atoms with E-state index in [1.807, 2.05) is 27.1 Å². The van der Waals surface area contributed by atoms with Gasteiger partial charge in [-0.1, -0.05) is 6.07 Å². The molecule has 0 radical (unpaired) electrons. The summed E-state index contributed by atoms with van der Waals surface area (Å²) >= 11 is 0. The van der Waals surface area contributed by atoms with Gasteiger partial charge in [-0.15, -0.1) is 0 Å². The van der Waals surface area contributed by atoms with Crippen molar-refractivity contribution in [2.24, 2.45) is 12.8 Å². The highest BCUT2D eigenvalue weighted by molar-refractivity contribution is 5.30. The van der Waals surface area contributed by atoms with Gasteiger partial charge in [0, 0.05) is 24.8 Å². The number of halogens is 1. The average molecular weight is 247 g/mol. The van der Waals surface area contributed by atoms with Gasteiger partial charge < -0.3 is 5.73 Å². The zero-order chi connectivity index (χ0) is 13.3. The van der Waals surface area contributed by atoms with Crippen molar-refractivity contribution in [3.05, 3.63) is 52.6 Å². The normalized spacial score (nSPS) is 12.7. The molecule has 96 valence electrons. The molecule has 4 heteroatoms. The van der Waals surface area contributed by atoms with Crippen LogP contribution in [-0.4, -0.2) is 9.78 Å². The van der Waals surface area contributed by atoms with Crippen LogP contribution in [0.25, 0.3) is 0 Å². The van der Waals surface area contributed by atoms with Gasteiger partial charge in [0.05, 0.1) is 5.69 Å². The molecule has 2 rings (SSSR count). The summed E-state index contributed by atoms with van der Waals surface area (Å²) in [6.45, 7) is 3.91. The van der Waals surface area contributed by atoms with Crippen LogP contribution in [0.3, 0.4) is 0 Å². The van der Waals surface area contributed by atoms with Gasteiger partial charge in [-0.2, -0.15) is 5.10 Å². The van der Waals surface area contributed by atoms with E-state index in [2.05, 4.69) is 5.10 Å². The first-order valence-electron chi connectivity index (χ1n) is 5.98. The van der Waals surface area contributed by atoms with E-state index in [4.69, 9.17) is 5.73 Å². The molecule has 1 aromatic heterocycles. The van der Waals surface area contributed by atoms with Crippen molar-refractivity contribution in [2.75, 3.05) is 0 Å². The Kier molecular flexibility index (Phi) is 3.48. The molecule has 0 aliphatic heterocycles. The van der Waals surface area contributed by atoms with Gasteiger partial charge in [0.1, 0.15) is 5.82 Å². The first kappa shape index (κ1) is 12.8. The lowest BCUT2D eigenvalue weighted by molar-refractivity contribution is 0.620. The summed E-state index contributed by atoms with van der Waals surface area (Å²) in [6, 6.07) is 4.66. The highest BCUT2D eigenvalue weighted by Crippen LogP contribution is 2.21. The highest BCUT2D eigenvalue weighted by atomic mass is 19.1. The van der Waals surface area contributed by atoms with Gasteiger partial charge in [0.2, 0.25) is 0 Å². The summed E-state index contributed by atoms with van der Waals surface area (Å²) < 4.78 is 15.0. The molecule has 1 atom stereocenters. The summed E-state index contributed by atoms with van der Waals surface area (Å²) in [4.78, 5) is 0. The lowest BCUT2D eigenvalue weighted by Crippen LogP contribution is -2.14. The second kappa shape index (κ2) is 4.90. The Morgan fingerprint density at radius 2 is 2.11 bits per heavy atom. The Bertz CT molecular complexity index is 560. The molecule has 0 aliphatic carbocycles. The van der Waals surface area contributed by atoms with Crippen molar-refractivity contribution < 1.29 is 4.39 Å². The smallest absolute Gasteiger partial charge is 0.123 e. The third kappa shape index (κ3) is 2.59. The monoisotopic (exact) mass is 247 g/mol. The minimum absolute atomic E-state index is 0.154. The number of hydrogen-bond acceptors (Lipinski definition) is 2. The maximum absolute atomic E-state index is 13.2. The Hall–Kier alpha value is -1.68. The summed E-state index contributed by atoms with van der Waals surface area (Å²) in [6.07, 6.45) is 2.55. The number of benzene rings is 1. The van der Waals surface area contributed by atoms with Crippen molar-refractivity contribution in [1.29, 1.82) is 0 Å². The number of hydrogen-bond donors (Lipinski definition) is 1. The molecule has 0 spiro atoms. The Morgan fingerprint density at radius 3 is 2.72 bits per heavy atom. The number of aromatic nitrogens is 2. The van der Waals surface area contributed by atoms with E-state index in [1.165, 1.54) is 6.07 Å². The molecule has 1 unspecified atom stereocenters. The van der Waals surface area contributed by atoms with E-state index in [-0.39, 0.29) is 11.9 Å². The van der Waals surface area contributed by atoms with Gasteiger partial charge in [-0.3, -0.25) is 4.68 Å². The largest absolute Gasteiger partial charge is 0.324 e. The summed E-state index contributed by atoms with van der Waals surface area (Å²) in [5.74, 6) is -0.217. The maximum Gasteiger partial charge on any atom is 0.123 e. The lowest BCUT2D eigenvalue weighted by Gasteiger charge is -2.13. The molecule has 0 amide bonds. The van der Waals surface area contributed by atoms with E-state index in [0.717, 1.165) is 22.4 Å². The molecule has 2 aromatic rings. The van der Waals surface area contributed by atoms with Gasteiger partial charge in [0.15, 0.2) is 0 Å². The van der Waals surface area contributed by atoms with Crippen molar-refractivity contribution in [1.82, 2.24) is 9.78 Å². The molecule has 1 aromatic carbocycles.